The van der Waals surface area contributed by atoms with Gasteiger partial charge in [0.25, 0.3) is 5.91 Å². The molecule has 1 aliphatic heterocycles. The van der Waals surface area contributed by atoms with Gasteiger partial charge >= 0.3 is 0 Å². The summed E-state index contributed by atoms with van der Waals surface area (Å²) in [6.45, 7) is 3.80. The van der Waals surface area contributed by atoms with Crippen molar-refractivity contribution >= 4 is 46.2 Å². The SMILES string of the molecule is COc1c(C)cccc1C(=O)NC(=S)Nc1cccc(Cl)c1N1CCCC1. The van der Waals surface area contributed by atoms with Crippen molar-refractivity contribution in [2.45, 2.75) is 19.8 Å². The van der Waals surface area contributed by atoms with Crippen LogP contribution in [0.1, 0.15) is 28.8 Å². The molecular weight excluding hydrogens is 382 g/mol. The van der Waals surface area contributed by atoms with Crippen LogP contribution in [0.4, 0.5) is 11.4 Å². The minimum atomic E-state index is -0.321. The number of nitrogens with zero attached hydrogens (tertiary/aromatic N) is 1. The van der Waals surface area contributed by atoms with E-state index in [1.54, 1.807) is 13.2 Å². The molecule has 27 heavy (non-hydrogen) atoms. The number of methoxy groups -OCH3 is 1. The predicted molar refractivity (Wildman–Crippen MR) is 114 cm³/mol. The number of carbonyl (C=O) groups excluding carboxylic acids is 1. The van der Waals surface area contributed by atoms with Crippen LogP contribution in [0.5, 0.6) is 5.75 Å². The number of carbonyl (C=O) groups is 1. The Kier molecular flexibility index (Phi) is 6.19. The number of ether oxygens (including phenoxy) is 1. The number of anilines is 2. The number of benzene rings is 2. The highest BCUT2D eigenvalue weighted by atomic mass is 35.5. The molecule has 0 saturated carbocycles. The molecule has 1 saturated heterocycles. The van der Waals surface area contributed by atoms with Crippen LogP contribution in [-0.4, -0.2) is 31.2 Å². The van der Waals surface area contributed by atoms with Gasteiger partial charge in [-0.15, -0.1) is 0 Å². The van der Waals surface area contributed by atoms with E-state index in [1.807, 2.05) is 37.3 Å². The number of para-hydroxylation sites is 2. The molecule has 0 radical (unpaired) electrons. The number of aryl methyl sites for hydroxylation is 1. The summed E-state index contributed by atoms with van der Waals surface area (Å²) in [6.07, 6.45) is 2.28. The summed E-state index contributed by atoms with van der Waals surface area (Å²) in [6, 6.07) is 11.0. The van der Waals surface area contributed by atoms with Crippen LogP contribution in [0.25, 0.3) is 0 Å². The number of nitrogens with one attached hydrogen (secondary N) is 2. The Balaban J connectivity index is 1.76. The average Bonchev–Trinajstić information content (AvgIpc) is 3.15. The smallest absolute Gasteiger partial charge is 0.261 e. The first kappa shape index (κ1) is 19.5. The van der Waals surface area contributed by atoms with Crippen LogP contribution >= 0.6 is 23.8 Å². The number of thiocarbonyl (C=S) groups is 1. The van der Waals surface area contributed by atoms with Gasteiger partial charge in [0.1, 0.15) is 5.75 Å². The van der Waals surface area contributed by atoms with Crippen molar-refractivity contribution in [1.82, 2.24) is 5.32 Å². The maximum atomic E-state index is 12.6. The van der Waals surface area contributed by atoms with Gasteiger partial charge in [0, 0.05) is 13.1 Å². The average molecular weight is 404 g/mol. The minimum absolute atomic E-state index is 0.214. The van der Waals surface area contributed by atoms with E-state index in [-0.39, 0.29) is 11.0 Å². The molecule has 1 fully saturated rings. The Labute approximate surface area is 169 Å². The second-order valence-corrected chi connectivity index (χ2v) is 7.21. The lowest BCUT2D eigenvalue weighted by Crippen LogP contribution is -2.35. The summed E-state index contributed by atoms with van der Waals surface area (Å²) >= 11 is 11.8. The fourth-order valence-corrected chi connectivity index (χ4v) is 3.80. The normalized spacial score (nSPS) is 13.4. The summed E-state index contributed by atoms with van der Waals surface area (Å²) < 4.78 is 5.35. The fraction of sp³-hybridized carbons (Fsp3) is 0.300. The highest BCUT2D eigenvalue weighted by Gasteiger charge is 2.20. The van der Waals surface area contributed by atoms with Crippen LogP contribution in [-0.2, 0) is 0 Å². The molecule has 0 spiro atoms. The van der Waals surface area contributed by atoms with E-state index >= 15 is 0 Å². The second kappa shape index (κ2) is 8.59. The third-order valence-corrected chi connectivity index (χ3v) is 5.05. The predicted octanol–water partition coefficient (Wildman–Crippen LogP) is 4.38. The third kappa shape index (κ3) is 4.34. The van der Waals surface area contributed by atoms with E-state index in [4.69, 9.17) is 28.6 Å². The number of amides is 1. The van der Waals surface area contributed by atoms with E-state index in [0.29, 0.717) is 16.3 Å². The number of hydrogen-bond acceptors (Lipinski definition) is 4. The first-order valence-corrected chi connectivity index (χ1v) is 9.59. The van der Waals surface area contributed by atoms with Crippen molar-refractivity contribution in [1.29, 1.82) is 0 Å². The summed E-state index contributed by atoms with van der Waals surface area (Å²) in [4.78, 5) is 14.9. The Morgan fingerprint density at radius 1 is 1.19 bits per heavy atom. The van der Waals surface area contributed by atoms with Gasteiger partial charge in [-0.3, -0.25) is 10.1 Å². The zero-order valence-electron chi connectivity index (χ0n) is 15.3. The van der Waals surface area contributed by atoms with Gasteiger partial charge in [0.2, 0.25) is 0 Å². The molecule has 0 bridgehead atoms. The molecule has 0 atom stereocenters. The molecule has 1 heterocycles. The third-order valence-electron chi connectivity index (χ3n) is 4.54. The van der Waals surface area contributed by atoms with Gasteiger partial charge in [-0.1, -0.05) is 29.8 Å². The zero-order chi connectivity index (χ0) is 19.4. The van der Waals surface area contributed by atoms with Crippen LogP contribution in [0.2, 0.25) is 5.02 Å². The lowest BCUT2D eigenvalue weighted by atomic mass is 10.1. The number of hydrogen-bond donors (Lipinski definition) is 2. The van der Waals surface area contributed by atoms with Gasteiger partial charge in [0.05, 0.1) is 29.1 Å². The lowest BCUT2D eigenvalue weighted by molar-refractivity contribution is 0.0974. The van der Waals surface area contributed by atoms with E-state index in [9.17, 15) is 4.79 Å². The summed E-state index contributed by atoms with van der Waals surface area (Å²) in [5.41, 5.74) is 3.02. The highest BCUT2D eigenvalue weighted by Crippen LogP contribution is 2.36. The molecule has 1 amide bonds. The first-order valence-electron chi connectivity index (χ1n) is 8.80. The molecule has 0 unspecified atom stereocenters. The van der Waals surface area contributed by atoms with Crippen molar-refractivity contribution in [3.8, 4) is 5.75 Å². The molecular formula is C20H22ClN3O2S. The van der Waals surface area contributed by atoms with Crippen molar-refractivity contribution in [2.75, 3.05) is 30.4 Å². The monoisotopic (exact) mass is 403 g/mol. The van der Waals surface area contributed by atoms with E-state index in [1.165, 1.54) is 0 Å². The van der Waals surface area contributed by atoms with E-state index in [0.717, 1.165) is 42.9 Å². The summed E-state index contributed by atoms with van der Waals surface area (Å²) in [5.74, 6) is 0.219. The number of halogens is 1. The molecule has 2 N–H and O–H groups in total. The maximum absolute atomic E-state index is 12.6. The number of rotatable bonds is 4. The van der Waals surface area contributed by atoms with Crippen LogP contribution < -0.4 is 20.3 Å². The Bertz CT molecular complexity index is 866. The molecule has 5 nitrogen and oxygen atoms in total. The van der Waals surface area contributed by atoms with Crippen LogP contribution in [0, 0.1) is 6.92 Å². The quantitative estimate of drug-likeness (QED) is 0.742. The molecule has 7 heteroatoms. The van der Waals surface area contributed by atoms with Crippen molar-refractivity contribution in [3.05, 3.63) is 52.5 Å². The summed E-state index contributed by atoms with van der Waals surface area (Å²) in [7, 11) is 1.55. The van der Waals surface area contributed by atoms with E-state index in [2.05, 4.69) is 15.5 Å². The molecule has 2 aromatic carbocycles. The lowest BCUT2D eigenvalue weighted by Gasteiger charge is -2.23. The Hall–Kier alpha value is -2.31. The molecule has 2 aromatic rings. The van der Waals surface area contributed by atoms with E-state index < -0.39 is 0 Å². The highest BCUT2D eigenvalue weighted by molar-refractivity contribution is 7.80. The van der Waals surface area contributed by atoms with Gasteiger partial charge in [0.15, 0.2) is 5.11 Å². The van der Waals surface area contributed by atoms with Gasteiger partial charge in [-0.2, -0.15) is 0 Å². The fourth-order valence-electron chi connectivity index (χ4n) is 3.30. The zero-order valence-corrected chi connectivity index (χ0v) is 16.9. The second-order valence-electron chi connectivity index (χ2n) is 6.39. The Morgan fingerprint density at radius 3 is 2.59 bits per heavy atom. The van der Waals surface area contributed by atoms with Crippen LogP contribution in [0.3, 0.4) is 0 Å². The first-order chi connectivity index (χ1) is 13.0. The summed E-state index contributed by atoms with van der Waals surface area (Å²) in [5, 5.41) is 6.71. The van der Waals surface area contributed by atoms with Crippen molar-refractivity contribution < 1.29 is 9.53 Å². The van der Waals surface area contributed by atoms with Crippen molar-refractivity contribution in [3.63, 3.8) is 0 Å². The molecule has 1 aliphatic rings. The molecule has 3 rings (SSSR count). The molecule has 0 aliphatic carbocycles. The van der Waals surface area contributed by atoms with Gasteiger partial charge in [-0.05, 0) is 55.7 Å². The largest absolute Gasteiger partial charge is 0.496 e. The standard InChI is InChI=1S/C20H22ClN3O2S/c1-13-7-5-8-14(18(13)26-2)19(25)23-20(27)22-16-10-6-9-15(21)17(16)24-11-3-4-12-24/h5-10H,3-4,11-12H2,1-2H3,(H2,22,23,25,27). The van der Waals surface area contributed by atoms with Gasteiger partial charge < -0.3 is 15.0 Å². The maximum Gasteiger partial charge on any atom is 0.261 e. The minimum Gasteiger partial charge on any atom is -0.496 e. The molecule has 142 valence electrons. The van der Waals surface area contributed by atoms with Gasteiger partial charge in [-0.25, -0.2) is 0 Å². The van der Waals surface area contributed by atoms with Crippen LogP contribution in [0.15, 0.2) is 36.4 Å². The van der Waals surface area contributed by atoms with Crippen molar-refractivity contribution in [2.24, 2.45) is 0 Å². The Morgan fingerprint density at radius 2 is 1.89 bits per heavy atom. The molecule has 0 aromatic heterocycles. The topological polar surface area (TPSA) is 53.6 Å².